The quantitative estimate of drug-likeness (QED) is 0.341. The van der Waals surface area contributed by atoms with Gasteiger partial charge < -0.3 is 20.1 Å². The molecule has 0 bridgehead atoms. The summed E-state index contributed by atoms with van der Waals surface area (Å²) < 4.78 is 5.28. The molecular weight excluding hydrogens is 440 g/mol. The number of amides is 2. The number of nitrogens with zero attached hydrogens (tertiary/aromatic N) is 1. The van der Waals surface area contributed by atoms with Crippen LogP contribution in [0.4, 0.5) is 4.79 Å². The van der Waals surface area contributed by atoms with Gasteiger partial charge in [-0.3, -0.25) is 4.79 Å². The van der Waals surface area contributed by atoms with Crippen LogP contribution in [0, 0.1) is 5.92 Å². The van der Waals surface area contributed by atoms with Crippen molar-refractivity contribution in [1.82, 2.24) is 10.2 Å². The minimum absolute atomic E-state index is 0.0107. The molecular formula is C29H40N2O4. The van der Waals surface area contributed by atoms with Crippen LogP contribution in [-0.2, 0) is 16.0 Å². The number of unbranched alkanes of at least 4 members (excludes halogenated alkanes) is 2. The lowest BCUT2D eigenvalue weighted by Crippen LogP contribution is -2.46. The smallest absolute Gasteiger partial charge is 0.407 e. The van der Waals surface area contributed by atoms with Gasteiger partial charge in [0.05, 0.1) is 12.0 Å². The maximum absolute atomic E-state index is 13.4. The van der Waals surface area contributed by atoms with Crippen LogP contribution in [0.15, 0.2) is 54.6 Å². The summed E-state index contributed by atoms with van der Waals surface area (Å²) in [5, 5.41) is 14.3. The molecule has 0 unspecified atom stereocenters. The fourth-order valence-electron chi connectivity index (χ4n) is 4.49. The van der Waals surface area contributed by atoms with Gasteiger partial charge in [-0.05, 0) is 69.2 Å². The van der Waals surface area contributed by atoms with Crippen LogP contribution in [-0.4, -0.2) is 53.3 Å². The van der Waals surface area contributed by atoms with Gasteiger partial charge in [0.1, 0.15) is 5.60 Å². The van der Waals surface area contributed by atoms with Crippen LogP contribution in [0.2, 0.25) is 0 Å². The van der Waals surface area contributed by atoms with E-state index in [1.54, 1.807) is 0 Å². The van der Waals surface area contributed by atoms with Gasteiger partial charge in [-0.25, -0.2) is 4.79 Å². The monoisotopic (exact) mass is 480 g/mol. The van der Waals surface area contributed by atoms with Crippen LogP contribution in [0.5, 0.6) is 0 Å². The van der Waals surface area contributed by atoms with E-state index in [9.17, 15) is 9.59 Å². The fourth-order valence-corrected chi connectivity index (χ4v) is 4.49. The molecule has 1 aliphatic rings. The average molecular weight is 481 g/mol. The molecule has 0 spiro atoms. The first-order valence-corrected chi connectivity index (χ1v) is 12.8. The summed E-state index contributed by atoms with van der Waals surface area (Å²) >= 11 is 0. The number of aliphatic hydroxyl groups excluding tert-OH is 1. The van der Waals surface area contributed by atoms with E-state index in [4.69, 9.17) is 9.84 Å². The summed E-state index contributed by atoms with van der Waals surface area (Å²) in [5.41, 5.74) is 0.693. The fraction of sp³-hybridized carbons (Fsp3) is 0.517. The van der Waals surface area contributed by atoms with Crippen molar-refractivity contribution in [3.8, 4) is 0 Å². The van der Waals surface area contributed by atoms with Gasteiger partial charge in [-0.15, -0.1) is 0 Å². The Morgan fingerprint density at radius 3 is 2.54 bits per heavy atom. The highest BCUT2D eigenvalue weighted by molar-refractivity contribution is 5.84. The summed E-state index contributed by atoms with van der Waals surface area (Å²) in [5.74, 6) is 0.0330. The third-order valence-electron chi connectivity index (χ3n) is 6.24. The van der Waals surface area contributed by atoms with E-state index in [0.717, 1.165) is 32.1 Å². The Kier molecular flexibility index (Phi) is 9.73. The molecule has 0 fully saturated rings. The van der Waals surface area contributed by atoms with Crippen LogP contribution in [0.25, 0.3) is 10.8 Å². The number of rotatable bonds is 11. The molecule has 0 aromatic heterocycles. The number of hydrogen-bond acceptors (Lipinski definition) is 4. The predicted octanol–water partition coefficient (Wildman–Crippen LogP) is 5.23. The first-order chi connectivity index (χ1) is 16.8. The maximum Gasteiger partial charge on any atom is 0.407 e. The third-order valence-corrected chi connectivity index (χ3v) is 6.24. The molecule has 2 atom stereocenters. The molecule has 6 heteroatoms. The van der Waals surface area contributed by atoms with Crippen molar-refractivity contribution < 1.29 is 19.4 Å². The Labute approximate surface area is 209 Å². The molecule has 1 heterocycles. The van der Waals surface area contributed by atoms with E-state index in [1.807, 2.05) is 37.8 Å². The van der Waals surface area contributed by atoms with Gasteiger partial charge in [0.25, 0.3) is 0 Å². The lowest BCUT2D eigenvalue weighted by atomic mass is 9.91. The zero-order valence-corrected chi connectivity index (χ0v) is 21.3. The predicted molar refractivity (Wildman–Crippen MR) is 140 cm³/mol. The minimum atomic E-state index is -0.516. The Hall–Kier alpha value is -2.86. The largest absolute Gasteiger partial charge is 0.444 e. The molecule has 0 saturated heterocycles. The first kappa shape index (κ1) is 26.7. The van der Waals surface area contributed by atoms with Crippen molar-refractivity contribution in [2.45, 2.75) is 70.9 Å². The minimum Gasteiger partial charge on any atom is -0.444 e. The number of benzene rings is 2. The van der Waals surface area contributed by atoms with E-state index < -0.39 is 11.7 Å². The summed E-state index contributed by atoms with van der Waals surface area (Å²) in [7, 11) is 0. The van der Waals surface area contributed by atoms with Crippen molar-refractivity contribution in [3.63, 3.8) is 0 Å². The Bertz CT molecular complexity index is 1010. The van der Waals surface area contributed by atoms with Gasteiger partial charge in [0, 0.05) is 19.7 Å². The third kappa shape index (κ3) is 8.39. The number of fused-ring (bicyclic) bond motifs is 1. The number of carbonyl (C=O) groups excluding carboxylic acids is 2. The van der Waals surface area contributed by atoms with Gasteiger partial charge >= 0.3 is 6.09 Å². The number of carbonyl (C=O) groups is 2. The molecule has 0 saturated carbocycles. The van der Waals surface area contributed by atoms with Gasteiger partial charge in [0.15, 0.2) is 0 Å². The SMILES string of the molecule is CC(C)(C)OC(=O)NCCCCN1C(=O)[C@@H](CCCCO)C=C[C@@H]1Cc1ccc2ccccc2c1. The molecule has 2 amide bonds. The summed E-state index contributed by atoms with van der Waals surface area (Å²) in [6.45, 7) is 6.84. The molecule has 3 rings (SSSR count). The van der Waals surface area contributed by atoms with Crippen molar-refractivity contribution in [1.29, 1.82) is 0 Å². The lowest BCUT2D eigenvalue weighted by molar-refractivity contribution is -0.136. The van der Waals surface area contributed by atoms with E-state index in [2.05, 4.69) is 47.8 Å². The number of ether oxygens (including phenoxy) is 1. The van der Waals surface area contributed by atoms with E-state index in [0.29, 0.717) is 19.5 Å². The number of alkyl carbamates (subject to hydrolysis) is 1. The Morgan fingerprint density at radius 2 is 1.80 bits per heavy atom. The summed E-state index contributed by atoms with van der Waals surface area (Å²) in [4.78, 5) is 27.3. The van der Waals surface area contributed by atoms with E-state index in [1.165, 1.54) is 16.3 Å². The number of nitrogens with one attached hydrogen (secondary N) is 1. The van der Waals surface area contributed by atoms with E-state index >= 15 is 0 Å². The highest BCUT2D eigenvalue weighted by Crippen LogP contribution is 2.25. The van der Waals surface area contributed by atoms with Crippen molar-refractivity contribution in [2.75, 3.05) is 19.7 Å². The molecule has 2 N–H and O–H groups in total. The zero-order valence-electron chi connectivity index (χ0n) is 21.3. The average Bonchev–Trinajstić information content (AvgIpc) is 2.80. The summed E-state index contributed by atoms with van der Waals surface area (Å²) in [6.07, 6.45) is 8.48. The van der Waals surface area contributed by atoms with Gasteiger partial charge in [-0.1, -0.05) is 61.0 Å². The highest BCUT2D eigenvalue weighted by Gasteiger charge is 2.30. The standard InChI is InChI=1S/C29H40N2O4/c1-29(2,3)35-28(34)30-17-7-8-18-31-26(16-15-24(27(31)33)11-6-9-19-32)21-22-13-14-23-10-4-5-12-25(23)20-22/h4-5,10,12-16,20,24,26,32H,6-9,11,17-19,21H2,1-3H3,(H,30,34)/t24-,26+/m0/s1. The molecule has 6 nitrogen and oxygen atoms in total. The second-order valence-corrected chi connectivity index (χ2v) is 10.3. The van der Waals surface area contributed by atoms with Crippen molar-refractivity contribution in [2.24, 2.45) is 5.92 Å². The topological polar surface area (TPSA) is 78.9 Å². The van der Waals surface area contributed by atoms with Gasteiger partial charge in [0.2, 0.25) is 5.91 Å². The molecule has 190 valence electrons. The summed E-state index contributed by atoms with van der Waals surface area (Å²) in [6, 6.07) is 14.8. The lowest BCUT2D eigenvalue weighted by Gasteiger charge is -2.36. The molecule has 1 aliphatic heterocycles. The Morgan fingerprint density at radius 1 is 1.03 bits per heavy atom. The second-order valence-electron chi connectivity index (χ2n) is 10.3. The van der Waals surface area contributed by atoms with E-state index in [-0.39, 0.29) is 24.5 Å². The number of aliphatic hydroxyl groups is 1. The second kappa shape index (κ2) is 12.7. The zero-order chi connectivity index (χ0) is 25.3. The molecule has 0 radical (unpaired) electrons. The number of hydrogen-bond donors (Lipinski definition) is 2. The first-order valence-electron chi connectivity index (χ1n) is 12.8. The highest BCUT2D eigenvalue weighted by atomic mass is 16.6. The molecule has 2 aromatic carbocycles. The molecule has 0 aliphatic carbocycles. The Balaban J connectivity index is 1.62. The van der Waals surface area contributed by atoms with Crippen molar-refractivity contribution >= 4 is 22.8 Å². The molecule has 2 aromatic rings. The van der Waals surface area contributed by atoms with Crippen LogP contribution >= 0.6 is 0 Å². The molecule has 35 heavy (non-hydrogen) atoms. The van der Waals surface area contributed by atoms with Gasteiger partial charge in [-0.2, -0.15) is 0 Å². The van der Waals surface area contributed by atoms with Crippen LogP contribution < -0.4 is 5.32 Å². The van der Waals surface area contributed by atoms with Crippen LogP contribution in [0.3, 0.4) is 0 Å². The normalized spacial score (nSPS) is 18.2. The van der Waals surface area contributed by atoms with Crippen LogP contribution in [0.1, 0.15) is 58.4 Å². The van der Waals surface area contributed by atoms with Crippen molar-refractivity contribution in [3.05, 3.63) is 60.2 Å². The maximum atomic E-state index is 13.4.